The van der Waals surface area contributed by atoms with Gasteiger partial charge in [-0.1, -0.05) is 6.07 Å². The Bertz CT molecular complexity index is 970. The van der Waals surface area contributed by atoms with Gasteiger partial charge in [0.15, 0.2) is 11.5 Å². The van der Waals surface area contributed by atoms with Gasteiger partial charge in [-0.2, -0.15) is 0 Å². The van der Waals surface area contributed by atoms with Crippen LogP contribution < -0.4 is 14.8 Å². The van der Waals surface area contributed by atoms with Gasteiger partial charge in [0, 0.05) is 35.5 Å². The molecule has 0 saturated carbocycles. The van der Waals surface area contributed by atoms with Crippen molar-refractivity contribution in [3.05, 3.63) is 45.6 Å². The van der Waals surface area contributed by atoms with Gasteiger partial charge in [0.25, 0.3) is 0 Å². The molecule has 0 bridgehead atoms. The summed E-state index contributed by atoms with van der Waals surface area (Å²) in [7, 11) is 4.79. The maximum atomic E-state index is 13.5. The van der Waals surface area contributed by atoms with Gasteiger partial charge in [0.1, 0.15) is 6.54 Å². The first-order chi connectivity index (χ1) is 16.6. The zero-order chi connectivity index (χ0) is 26.0. The third-order valence-corrected chi connectivity index (χ3v) is 6.26. The lowest BCUT2D eigenvalue weighted by Crippen LogP contribution is -2.52. The number of benzene rings is 1. The summed E-state index contributed by atoms with van der Waals surface area (Å²) in [5.41, 5.74) is 0.622. The second kappa shape index (κ2) is 13.3. The van der Waals surface area contributed by atoms with Crippen molar-refractivity contribution in [3.63, 3.8) is 0 Å². The van der Waals surface area contributed by atoms with Crippen LogP contribution in [-0.4, -0.2) is 74.8 Å². The normalized spacial score (nSPS) is 11.2. The van der Waals surface area contributed by atoms with Gasteiger partial charge < -0.3 is 29.3 Å². The number of methoxy groups -OCH3 is 3. The average molecular weight is 506 g/mol. The third-order valence-electron chi connectivity index (χ3n) is 5.27. The fourth-order valence-corrected chi connectivity index (χ4v) is 4.37. The Morgan fingerprint density at radius 3 is 2.26 bits per heavy atom. The molecule has 0 saturated heterocycles. The van der Waals surface area contributed by atoms with Gasteiger partial charge in [-0.15, -0.1) is 11.3 Å². The number of amides is 3. The molecule has 0 aliphatic carbocycles. The Labute approximate surface area is 213 Å². The molecule has 1 N–H and O–H groups in total. The van der Waals surface area contributed by atoms with E-state index in [4.69, 9.17) is 14.2 Å². The van der Waals surface area contributed by atoms with Crippen molar-refractivity contribution in [1.82, 2.24) is 15.1 Å². The maximum absolute atomic E-state index is 13.5. The molecule has 0 radical (unpaired) electrons. The Morgan fingerprint density at radius 2 is 1.69 bits per heavy atom. The van der Waals surface area contributed by atoms with Crippen LogP contribution in [0.1, 0.15) is 36.1 Å². The topological polar surface area (TPSA) is 80.3 Å². The quantitative estimate of drug-likeness (QED) is 0.470. The van der Waals surface area contributed by atoms with Crippen molar-refractivity contribution in [2.24, 2.45) is 0 Å². The standard InChI is InChI=1S/C26H39N3O5S/c1-19-8-10-21(35-19)17-28(13-12-20-9-11-22(33-6)23(16-20)34-7)24(30)18-29(14-15-32-5)25(31)27-26(2,3)4/h8-11,16H,12-15,17-18H2,1-7H3,(H,27,31). The number of carbonyl (C=O) groups is 2. The Hall–Kier alpha value is -2.78. The Morgan fingerprint density at radius 1 is 0.971 bits per heavy atom. The van der Waals surface area contributed by atoms with E-state index >= 15 is 0 Å². The first-order valence-electron chi connectivity index (χ1n) is 11.7. The molecule has 1 heterocycles. The SMILES string of the molecule is COCCN(CC(=O)N(CCc1ccc(OC)c(OC)c1)Cc1ccc(C)s1)C(=O)NC(C)(C)C. The summed E-state index contributed by atoms with van der Waals surface area (Å²) in [6.07, 6.45) is 0.642. The van der Waals surface area contributed by atoms with Crippen LogP contribution in [0.5, 0.6) is 11.5 Å². The fraction of sp³-hybridized carbons (Fsp3) is 0.538. The molecule has 0 fully saturated rings. The van der Waals surface area contributed by atoms with E-state index < -0.39 is 5.54 Å². The summed E-state index contributed by atoms with van der Waals surface area (Å²) in [6.45, 7) is 9.43. The highest BCUT2D eigenvalue weighted by atomic mass is 32.1. The molecule has 194 valence electrons. The Balaban J connectivity index is 2.19. The highest BCUT2D eigenvalue weighted by Crippen LogP contribution is 2.28. The molecule has 8 nitrogen and oxygen atoms in total. The lowest BCUT2D eigenvalue weighted by molar-refractivity contribution is -0.132. The van der Waals surface area contributed by atoms with Crippen LogP contribution in [0.2, 0.25) is 0 Å². The third kappa shape index (κ3) is 9.41. The van der Waals surface area contributed by atoms with Crippen molar-refractivity contribution in [3.8, 4) is 11.5 Å². The highest BCUT2D eigenvalue weighted by Gasteiger charge is 2.24. The summed E-state index contributed by atoms with van der Waals surface area (Å²) in [5, 5.41) is 2.94. The van der Waals surface area contributed by atoms with E-state index in [9.17, 15) is 9.59 Å². The van der Waals surface area contributed by atoms with Crippen LogP contribution in [0.4, 0.5) is 4.79 Å². The molecule has 9 heteroatoms. The minimum absolute atomic E-state index is 0.0262. The summed E-state index contributed by atoms with van der Waals surface area (Å²) < 4.78 is 15.9. The van der Waals surface area contributed by atoms with Crippen molar-refractivity contribution in [2.75, 3.05) is 47.6 Å². The minimum atomic E-state index is -0.410. The molecule has 3 amide bonds. The predicted molar refractivity (Wildman–Crippen MR) is 139 cm³/mol. The van der Waals surface area contributed by atoms with Gasteiger partial charge in [-0.05, 0) is 63.9 Å². The van der Waals surface area contributed by atoms with Gasteiger partial charge in [0.2, 0.25) is 5.91 Å². The second-order valence-electron chi connectivity index (χ2n) is 9.36. The zero-order valence-electron chi connectivity index (χ0n) is 22.0. The largest absolute Gasteiger partial charge is 0.493 e. The monoisotopic (exact) mass is 505 g/mol. The van der Waals surface area contributed by atoms with Crippen LogP contribution in [0.25, 0.3) is 0 Å². The number of aryl methyl sites for hydroxylation is 1. The van der Waals surface area contributed by atoms with Gasteiger partial charge in [-0.3, -0.25) is 4.79 Å². The maximum Gasteiger partial charge on any atom is 0.318 e. The molecule has 0 aliphatic rings. The number of hydrogen-bond acceptors (Lipinski definition) is 6. The average Bonchev–Trinajstić information content (AvgIpc) is 3.22. The molecule has 1 aromatic heterocycles. The minimum Gasteiger partial charge on any atom is -0.493 e. The summed E-state index contributed by atoms with van der Waals surface area (Å²) >= 11 is 1.67. The zero-order valence-corrected chi connectivity index (χ0v) is 22.8. The number of nitrogens with zero attached hydrogens (tertiary/aromatic N) is 2. The van der Waals surface area contributed by atoms with Crippen LogP contribution >= 0.6 is 11.3 Å². The summed E-state index contributed by atoms with van der Waals surface area (Å²) in [4.78, 5) is 31.9. The van der Waals surface area contributed by atoms with Gasteiger partial charge in [-0.25, -0.2) is 4.79 Å². The van der Waals surface area contributed by atoms with E-state index in [0.29, 0.717) is 44.2 Å². The molecule has 0 spiro atoms. The molecular weight excluding hydrogens is 466 g/mol. The van der Waals surface area contributed by atoms with Crippen molar-refractivity contribution >= 4 is 23.3 Å². The van der Waals surface area contributed by atoms with Crippen molar-refractivity contribution in [2.45, 2.75) is 46.2 Å². The molecule has 0 unspecified atom stereocenters. The molecule has 2 aromatic rings. The van der Waals surface area contributed by atoms with Crippen LogP contribution in [0.3, 0.4) is 0 Å². The van der Waals surface area contributed by atoms with E-state index in [0.717, 1.165) is 10.4 Å². The summed E-state index contributed by atoms with van der Waals surface area (Å²) in [5.74, 6) is 1.20. The molecular formula is C26H39N3O5S. The number of ether oxygens (including phenoxy) is 3. The number of rotatable bonds is 12. The molecule has 1 aromatic carbocycles. The molecule has 0 aliphatic heterocycles. The van der Waals surface area contributed by atoms with E-state index in [1.54, 1.807) is 32.7 Å². The first-order valence-corrected chi connectivity index (χ1v) is 12.5. The van der Waals surface area contributed by atoms with Crippen LogP contribution in [0.15, 0.2) is 30.3 Å². The van der Waals surface area contributed by atoms with Crippen LogP contribution in [0, 0.1) is 6.92 Å². The first kappa shape index (κ1) is 28.5. The van der Waals surface area contributed by atoms with E-state index in [2.05, 4.69) is 11.4 Å². The predicted octanol–water partition coefficient (Wildman–Crippen LogP) is 4.10. The Kier molecular flexibility index (Phi) is 10.9. The molecule has 2 rings (SSSR count). The fourth-order valence-electron chi connectivity index (χ4n) is 3.47. The second-order valence-corrected chi connectivity index (χ2v) is 10.7. The van der Waals surface area contributed by atoms with Gasteiger partial charge in [0.05, 0.1) is 27.4 Å². The lowest BCUT2D eigenvalue weighted by Gasteiger charge is -2.30. The van der Waals surface area contributed by atoms with Crippen LogP contribution in [-0.2, 0) is 22.5 Å². The van der Waals surface area contributed by atoms with Crippen molar-refractivity contribution in [1.29, 1.82) is 0 Å². The number of carbonyl (C=O) groups excluding carboxylic acids is 2. The van der Waals surface area contributed by atoms with Crippen molar-refractivity contribution < 1.29 is 23.8 Å². The molecule has 35 heavy (non-hydrogen) atoms. The number of thiophene rings is 1. The number of nitrogens with one attached hydrogen (secondary N) is 1. The van der Waals surface area contributed by atoms with E-state index in [-0.39, 0.29) is 18.5 Å². The van der Waals surface area contributed by atoms with E-state index in [1.807, 2.05) is 56.9 Å². The number of urea groups is 1. The molecule has 0 atom stereocenters. The summed E-state index contributed by atoms with van der Waals surface area (Å²) in [6, 6.07) is 9.59. The van der Waals surface area contributed by atoms with Gasteiger partial charge >= 0.3 is 6.03 Å². The highest BCUT2D eigenvalue weighted by molar-refractivity contribution is 7.11. The number of hydrogen-bond donors (Lipinski definition) is 1. The lowest BCUT2D eigenvalue weighted by atomic mass is 10.1. The van der Waals surface area contributed by atoms with E-state index in [1.165, 1.54) is 9.78 Å². The smallest absolute Gasteiger partial charge is 0.318 e.